The largest absolute Gasteiger partial charge is 0.454 e. The number of benzene rings is 1. The Morgan fingerprint density at radius 1 is 1.12 bits per heavy atom. The highest BCUT2D eigenvalue weighted by Gasteiger charge is 2.21. The normalized spacial score (nSPS) is 17.3. The molecule has 1 saturated heterocycles. The number of hydrogen-bond donors (Lipinski definition) is 0. The molecular formula is C19H24N4O3. The van der Waals surface area contributed by atoms with Crippen molar-refractivity contribution < 1.29 is 14.3 Å². The van der Waals surface area contributed by atoms with E-state index in [9.17, 15) is 4.79 Å². The van der Waals surface area contributed by atoms with Crippen molar-refractivity contribution in [3.05, 3.63) is 41.7 Å². The van der Waals surface area contributed by atoms with Gasteiger partial charge in [-0.1, -0.05) is 6.07 Å². The van der Waals surface area contributed by atoms with Gasteiger partial charge in [0.15, 0.2) is 11.5 Å². The highest BCUT2D eigenvalue weighted by Crippen LogP contribution is 2.32. The van der Waals surface area contributed by atoms with Crippen molar-refractivity contribution in [1.82, 2.24) is 19.6 Å². The van der Waals surface area contributed by atoms with Crippen LogP contribution in [0.2, 0.25) is 0 Å². The van der Waals surface area contributed by atoms with Gasteiger partial charge in [-0.3, -0.25) is 14.4 Å². The van der Waals surface area contributed by atoms with Crippen molar-refractivity contribution in [1.29, 1.82) is 0 Å². The van der Waals surface area contributed by atoms with Gasteiger partial charge in [-0.2, -0.15) is 5.10 Å². The number of aryl methyl sites for hydroxylation is 1. The fourth-order valence-corrected chi connectivity index (χ4v) is 3.53. The van der Waals surface area contributed by atoms with Crippen LogP contribution in [0.15, 0.2) is 30.6 Å². The van der Waals surface area contributed by atoms with Gasteiger partial charge >= 0.3 is 0 Å². The molecule has 7 heteroatoms. The average Bonchev–Trinajstić information content (AvgIpc) is 3.18. The molecule has 0 aliphatic carbocycles. The lowest BCUT2D eigenvalue weighted by Gasteiger charge is -2.22. The second-order valence-electron chi connectivity index (χ2n) is 6.90. The highest BCUT2D eigenvalue weighted by molar-refractivity contribution is 5.79. The van der Waals surface area contributed by atoms with Crippen LogP contribution in [0.4, 0.5) is 0 Å². The summed E-state index contributed by atoms with van der Waals surface area (Å²) in [5.74, 6) is 1.66. The number of aromatic nitrogens is 2. The van der Waals surface area contributed by atoms with E-state index in [4.69, 9.17) is 9.47 Å². The first-order chi connectivity index (χ1) is 12.7. The summed E-state index contributed by atoms with van der Waals surface area (Å²) in [6.07, 6.45) is 5.35. The van der Waals surface area contributed by atoms with E-state index in [0.29, 0.717) is 6.42 Å². The summed E-state index contributed by atoms with van der Waals surface area (Å²) in [5.41, 5.74) is 2.18. The summed E-state index contributed by atoms with van der Waals surface area (Å²) >= 11 is 0. The van der Waals surface area contributed by atoms with Crippen LogP contribution in [0, 0.1) is 0 Å². The minimum Gasteiger partial charge on any atom is -0.454 e. The van der Waals surface area contributed by atoms with Gasteiger partial charge in [-0.15, -0.1) is 0 Å². The van der Waals surface area contributed by atoms with E-state index in [2.05, 4.69) is 10.00 Å². The first-order valence-corrected chi connectivity index (χ1v) is 9.03. The van der Waals surface area contributed by atoms with Gasteiger partial charge in [0.05, 0.1) is 12.6 Å². The molecule has 2 aromatic rings. The smallest absolute Gasteiger partial charge is 0.231 e. The van der Waals surface area contributed by atoms with Crippen LogP contribution in [0.3, 0.4) is 0 Å². The SMILES string of the molecule is Cn1cc(CN2CCCN(C(=O)Cc3ccc4c(c3)OCO4)CC2)cn1. The number of carbonyl (C=O) groups excluding carboxylic acids is 1. The molecule has 1 aromatic carbocycles. The molecule has 2 aliphatic rings. The molecule has 138 valence electrons. The number of rotatable bonds is 4. The Morgan fingerprint density at radius 2 is 2.00 bits per heavy atom. The predicted molar refractivity (Wildman–Crippen MR) is 96.0 cm³/mol. The summed E-state index contributed by atoms with van der Waals surface area (Å²) in [6, 6.07) is 5.73. The fraction of sp³-hybridized carbons (Fsp3) is 0.474. The molecule has 0 spiro atoms. The van der Waals surface area contributed by atoms with Crippen LogP contribution in [-0.2, 0) is 24.8 Å². The second kappa shape index (κ2) is 7.37. The minimum atomic E-state index is 0.173. The van der Waals surface area contributed by atoms with Gasteiger partial charge in [0.25, 0.3) is 0 Å². The van der Waals surface area contributed by atoms with Crippen LogP contribution in [0.5, 0.6) is 11.5 Å². The lowest BCUT2D eigenvalue weighted by atomic mass is 10.1. The van der Waals surface area contributed by atoms with Crippen molar-refractivity contribution in [2.75, 3.05) is 33.0 Å². The van der Waals surface area contributed by atoms with Crippen LogP contribution in [-0.4, -0.2) is 58.5 Å². The molecule has 1 aromatic heterocycles. The topological polar surface area (TPSA) is 59.8 Å². The molecule has 1 fully saturated rings. The van der Waals surface area contributed by atoms with Crippen molar-refractivity contribution in [3.8, 4) is 11.5 Å². The van der Waals surface area contributed by atoms with Crippen LogP contribution in [0.1, 0.15) is 17.5 Å². The number of amides is 1. The van der Waals surface area contributed by atoms with Gasteiger partial charge in [0, 0.05) is 51.5 Å². The van der Waals surface area contributed by atoms with E-state index < -0.39 is 0 Å². The first kappa shape index (κ1) is 16.9. The average molecular weight is 356 g/mol. The number of carbonyl (C=O) groups is 1. The summed E-state index contributed by atoms with van der Waals surface area (Å²) in [6.45, 7) is 4.62. The van der Waals surface area contributed by atoms with Gasteiger partial charge in [0.2, 0.25) is 12.7 Å². The Morgan fingerprint density at radius 3 is 2.85 bits per heavy atom. The standard InChI is InChI=1S/C19H24N4O3/c1-21-12-16(11-20-21)13-22-5-2-6-23(8-7-22)19(24)10-15-3-4-17-18(9-15)26-14-25-17/h3-4,9,11-12H,2,5-8,10,13-14H2,1H3. The Balaban J connectivity index is 1.32. The van der Waals surface area contributed by atoms with E-state index in [0.717, 1.165) is 56.2 Å². The summed E-state index contributed by atoms with van der Waals surface area (Å²) < 4.78 is 12.6. The fourth-order valence-electron chi connectivity index (χ4n) is 3.53. The third-order valence-electron chi connectivity index (χ3n) is 4.90. The summed E-state index contributed by atoms with van der Waals surface area (Å²) in [4.78, 5) is 17.1. The molecule has 4 rings (SSSR count). The number of nitrogens with zero attached hydrogens (tertiary/aromatic N) is 4. The second-order valence-corrected chi connectivity index (χ2v) is 6.90. The molecule has 0 N–H and O–H groups in total. The van der Waals surface area contributed by atoms with Gasteiger partial charge < -0.3 is 14.4 Å². The highest BCUT2D eigenvalue weighted by atomic mass is 16.7. The molecule has 3 heterocycles. The van der Waals surface area contributed by atoms with Crippen molar-refractivity contribution in [3.63, 3.8) is 0 Å². The maximum atomic E-state index is 12.7. The molecule has 26 heavy (non-hydrogen) atoms. The molecule has 7 nitrogen and oxygen atoms in total. The van der Waals surface area contributed by atoms with E-state index in [1.165, 1.54) is 5.56 Å². The molecular weight excluding hydrogens is 332 g/mol. The van der Waals surface area contributed by atoms with E-state index in [1.54, 1.807) is 0 Å². The predicted octanol–water partition coefficient (Wildman–Crippen LogP) is 1.43. The van der Waals surface area contributed by atoms with Crippen molar-refractivity contribution in [2.45, 2.75) is 19.4 Å². The Labute approximate surface area is 153 Å². The van der Waals surface area contributed by atoms with Crippen LogP contribution < -0.4 is 9.47 Å². The zero-order valence-corrected chi connectivity index (χ0v) is 15.1. The Bertz CT molecular complexity index is 789. The molecule has 0 radical (unpaired) electrons. The van der Waals surface area contributed by atoms with Gasteiger partial charge in [-0.25, -0.2) is 0 Å². The van der Waals surface area contributed by atoms with Crippen LogP contribution in [0.25, 0.3) is 0 Å². The Hall–Kier alpha value is -2.54. The van der Waals surface area contributed by atoms with E-state index in [-0.39, 0.29) is 12.7 Å². The third-order valence-corrected chi connectivity index (χ3v) is 4.90. The van der Waals surface area contributed by atoms with Crippen molar-refractivity contribution in [2.24, 2.45) is 7.05 Å². The third kappa shape index (κ3) is 3.83. The molecule has 0 atom stereocenters. The van der Waals surface area contributed by atoms with Gasteiger partial charge in [0.1, 0.15) is 0 Å². The molecule has 2 aliphatic heterocycles. The minimum absolute atomic E-state index is 0.173. The quantitative estimate of drug-likeness (QED) is 0.829. The maximum Gasteiger partial charge on any atom is 0.231 e. The maximum absolute atomic E-state index is 12.7. The lowest BCUT2D eigenvalue weighted by molar-refractivity contribution is -0.130. The van der Waals surface area contributed by atoms with E-state index in [1.807, 2.05) is 47.2 Å². The van der Waals surface area contributed by atoms with E-state index >= 15 is 0 Å². The number of hydrogen-bond acceptors (Lipinski definition) is 5. The van der Waals surface area contributed by atoms with Crippen LogP contribution >= 0.6 is 0 Å². The zero-order valence-electron chi connectivity index (χ0n) is 15.1. The summed E-state index contributed by atoms with van der Waals surface area (Å²) in [5, 5.41) is 4.23. The summed E-state index contributed by atoms with van der Waals surface area (Å²) in [7, 11) is 1.93. The molecule has 0 bridgehead atoms. The number of ether oxygens (including phenoxy) is 2. The molecule has 1 amide bonds. The van der Waals surface area contributed by atoms with Crippen molar-refractivity contribution >= 4 is 5.91 Å². The molecule has 0 unspecified atom stereocenters. The monoisotopic (exact) mass is 356 g/mol. The first-order valence-electron chi connectivity index (χ1n) is 9.03. The Kier molecular flexibility index (Phi) is 4.79. The zero-order chi connectivity index (χ0) is 17.9. The molecule has 0 saturated carbocycles. The van der Waals surface area contributed by atoms with Gasteiger partial charge in [-0.05, 0) is 24.1 Å². The number of fused-ring (bicyclic) bond motifs is 1. The lowest BCUT2D eigenvalue weighted by Crippen LogP contribution is -2.36.